The maximum absolute atomic E-state index is 4.35. The SMILES string of the molecule is CCn1ncc(C)c1CNc1ccnn1C(C)C. The normalized spacial score (nSPS) is 11.2. The Bertz CT molecular complexity index is 509. The Labute approximate surface area is 108 Å². The number of rotatable bonds is 5. The molecule has 0 spiro atoms. The average molecular weight is 247 g/mol. The van der Waals surface area contributed by atoms with E-state index >= 15 is 0 Å². The standard InChI is InChI=1S/C13H21N5/c1-5-17-12(11(4)8-16-17)9-14-13-6-7-15-18(13)10(2)3/h6-8,10,14H,5,9H2,1-4H3. The van der Waals surface area contributed by atoms with Gasteiger partial charge in [-0.15, -0.1) is 0 Å². The van der Waals surface area contributed by atoms with Crippen LogP contribution in [0.2, 0.25) is 0 Å². The number of nitrogens with one attached hydrogen (secondary N) is 1. The third-order valence-electron chi connectivity index (χ3n) is 3.05. The zero-order valence-corrected chi connectivity index (χ0v) is 11.5. The molecule has 0 atom stereocenters. The van der Waals surface area contributed by atoms with Gasteiger partial charge in [-0.05, 0) is 33.3 Å². The van der Waals surface area contributed by atoms with Crippen molar-refractivity contribution in [3.8, 4) is 0 Å². The lowest BCUT2D eigenvalue weighted by Crippen LogP contribution is -2.13. The van der Waals surface area contributed by atoms with Crippen LogP contribution in [0.25, 0.3) is 0 Å². The zero-order valence-electron chi connectivity index (χ0n) is 11.5. The minimum atomic E-state index is 0.361. The first kappa shape index (κ1) is 12.7. The molecule has 0 fully saturated rings. The van der Waals surface area contributed by atoms with E-state index in [1.54, 1.807) is 0 Å². The van der Waals surface area contributed by atoms with Gasteiger partial charge in [0.15, 0.2) is 0 Å². The van der Waals surface area contributed by atoms with E-state index in [0.29, 0.717) is 6.04 Å². The van der Waals surface area contributed by atoms with Crippen molar-refractivity contribution in [3.63, 3.8) is 0 Å². The highest BCUT2D eigenvalue weighted by Gasteiger charge is 2.09. The number of anilines is 1. The largest absolute Gasteiger partial charge is 0.365 e. The Kier molecular flexibility index (Phi) is 3.69. The molecule has 2 aromatic heterocycles. The van der Waals surface area contributed by atoms with Gasteiger partial charge in [-0.2, -0.15) is 10.2 Å². The van der Waals surface area contributed by atoms with Crippen LogP contribution in [0.3, 0.4) is 0 Å². The second kappa shape index (κ2) is 5.25. The number of hydrogen-bond donors (Lipinski definition) is 1. The summed E-state index contributed by atoms with van der Waals surface area (Å²) in [6.07, 6.45) is 3.74. The Balaban J connectivity index is 2.11. The summed E-state index contributed by atoms with van der Waals surface area (Å²) >= 11 is 0. The summed E-state index contributed by atoms with van der Waals surface area (Å²) < 4.78 is 4.01. The fraction of sp³-hybridized carbons (Fsp3) is 0.538. The molecule has 2 heterocycles. The van der Waals surface area contributed by atoms with Crippen LogP contribution in [0.4, 0.5) is 5.82 Å². The summed E-state index contributed by atoms with van der Waals surface area (Å²) in [5, 5.41) is 12.1. The van der Waals surface area contributed by atoms with Crippen LogP contribution in [-0.2, 0) is 13.1 Å². The van der Waals surface area contributed by atoms with E-state index in [0.717, 1.165) is 18.9 Å². The summed E-state index contributed by atoms with van der Waals surface area (Å²) in [5.41, 5.74) is 2.45. The van der Waals surface area contributed by atoms with Crippen molar-refractivity contribution in [2.24, 2.45) is 0 Å². The van der Waals surface area contributed by atoms with Crippen LogP contribution in [0, 0.1) is 6.92 Å². The molecule has 0 radical (unpaired) electrons. The average Bonchev–Trinajstić information content (AvgIpc) is 2.93. The summed E-state index contributed by atoms with van der Waals surface area (Å²) in [5.74, 6) is 1.05. The van der Waals surface area contributed by atoms with Crippen molar-refractivity contribution < 1.29 is 0 Å². The van der Waals surface area contributed by atoms with Gasteiger partial charge in [0.05, 0.1) is 24.6 Å². The van der Waals surface area contributed by atoms with Crippen LogP contribution in [0.15, 0.2) is 18.5 Å². The van der Waals surface area contributed by atoms with Crippen molar-refractivity contribution in [2.45, 2.75) is 46.8 Å². The highest BCUT2D eigenvalue weighted by Crippen LogP contribution is 2.15. The predicted octanol–water partition coefficient (Wildman–Crippen LogP) is 2.60. The number of hydrogen-bond acceptors (Lipinski definition) is 3. The molecule has 0 saturated carbocycles. The van der Waals surface area contributed by atoms with E-state index in [4.69, 9.17) is 0 Å². The third-order valence-corrected chi connectivity index (χ3v) is 3.05. The van der Waals surface area contributed by atoms with E-state index in [1.165, 1.54) is 11.3 Å². The lowest BCUT2D eigenvalue weighted by atomic mass is 10.2. The Hall–Kier alpha value is -1.78. The van der Waals surface area contributed by atoms with Crippen LogP contribution < -0.4 is 5.32 Å². The van der Waals surface area contributed by atoms with Gasteiger partial charge in [-0.1, -0.05) is 0 Å². The molecule has 0 aliphatic heterocycles. The maximum atomic E-state index is 4.35. The first-order valence-electron chi connectivity index (χ1n) is 6.42. The summed E-state index contributed by atoms with van der Waals surface area (Å²) in [6.45, 7) is 10.1. The van der Waals surface area contributed by atoms with Crippen LogP contribution in [0.5, 0.6) is 0 Å². The van der Waals surface area contributed by atoms with E-state index in [9.17, 15) is 0 Å². The van der Waals surface area contributed by atoms with Crippen LogP contribution >= 0.6 is 0 Å². The topological polar surface area (TPSA) is 47.7 Å². The molecular formula is C13H21N5. The first-order valence-corrected chi connectivity index (χ1v) is 6.42. The van der Waals surface area contributed by atoms with Gasteiger partial charge in [-0.3, -0.25) is 4.68 Å². The molecule has 5 heteroatoms. The number of aryl methyl sites for hydroxylation is 2. The number of aromatic nitrogens is 4. The lowest BCUT2D eigenvalue weighted by Gasteiger charge is -2.13. The van der Waals surface area contributed by atoms with Gasteiger partial charge in [0, 0.05) is 18.7 Å². The van der Waals surface area contributed by atoms with Crippen LogP contribution in [0.1, 0.15) is 38.1 Å². The minimum absolute atomic E-state index is 0.361. The van der Waals surface area contributed by atoms with Crippen LogP contribution in [-0.4, -0.2) is 19.6 Å². The van der Waals surface area contributed by atoms with Crippen molar-refractivity contribution >= 4 is 5.82 Å². The first-order chi connectivity index (χ1) is 8.63. The number of nitrogens with zero attached hydrogens (tertiary/aromatic N) is 4. The molecule has 0 unspecified atom stereocenters. The third kappa shape index (κ3) is 2.39. The van der Waals surface area contributed by atoms with Gasteiger partial charge in [-0.25, -0.2) is 4.68 Å². The molecule has 5 nitrogen and oxygen atoms in total. The molecule has 2 rings (SSSR count). The molecular weight excluding hydrogens is 226 g/mol. The maximum Gasteiger partial charge on any atom is 0.124 e. The molecule has 2 aromatic rings. The molecule has 0 amide bonds. The second-order valence-electron chi connectivity index (χ2n) is 4.70. The van der Waals surface area contributed by atoms with E-state index < -0.39 is 0 Å². The predicted molar refractivity (Wildman–Crippen MR) is 72.6 cm³/mol. The van der Waals surface area contributed by atoms with Crippen molar-refractivity contribution in [2.75, 3.05) is 5.32 Å². The molecule has 0 aliphatic carbocycles. The molecule has 0 aliphatic rings. The molecule has 98 valence electrons. The van der Waals surface area contributed by atoms with E-state index in [2.05, 4.69) is 43.2 Å². The molecule has 0 aromatic carbocycles. The van der Waals surface area contributed by atoms with Crippen molar-refractivity contribution in [1.82, 2.24) is 19.6 Å². The Morgan fingerprint density at radius 1 is 1.33 bits per heavy atom. The Morgan fingerprint density at radius 3 is 2.78 bits per heavy atom. The highest BCUT2D eigenvalue weighted by molar-refractivity contribution is 5.35. The second-order valence-corrected chi connectivity index (χ2v) is 4.70. The minimum Gasteiger partial charge on any atom is -0.365 e. The van der Waals surface area contributed by atoms with Gasteiger partial charge in [0.25, 0.3) is 0 Å². The van der Waals surface area contributed by atoms with E-state index in [-0.39, 0.29) is 0 Å². The van der Waals surface area contributed by atoms with Crippen molar-refractivity contribution in [1.29, 1.82) is 0 Å². The fourth-order valence-electron chi connectivity index (χ4n) is 2.05. The molecule has 1 N–H and O–H groups in total. The van der Waals surface area contributed by atoms with Crippen molar-refractivity contribution in [3.05, 3.63) is 29.7 Å². The molecule has 18 heavy (non-hydrogen) atoms. The lowest BCUT2D eigenvalue weighted by molar-refractivity contribution is 0.536. The quantitative estimate of drug-likeness (QED) is 0.883. The molecule has 0 saturated heterocycles. The summed E-state index contributed by atoms with van der Waals surface area (Å²) in [6, 6.07) is 2.36. The monoisotopic (exact) mass is 247 g/mol. The van der Waals surface area contributed by atoms with Gasteiger partial charge >= 0.3 is 0 Å². The van der Waals surface area contributed by atoms with Gasteiger partial charge in [0.2, 0.25) is 0 Å². The fourth-order valence-corrected chi connectivity index (χ4v) is 2.05. The highest BCUT2D eigenvalue weighted by atomic mass is 15.3. The van der Waals surface area contributed by atoms with Gasteiger partial charge in [0.1, 0.15) is 5.82 Å². The van der Waals surface area contributed by atoms with Gasteiger partial charge < -0.3 is 5.32 Å². The summed E-state index contributed by atoms with van der Waals surface area (Å²) in [4.78, 5) is 0. The van der Waals surface area contributed by atoms with E-state index in [1.807, 2.05) is 27.8 Å². The Morgan fingerprint density at radius 2 is 2.11 bits per heavy atom. The zero-order chi connectivity index (χ0) is 13.1. The summed E-state index contributed by atoms with van der Waals surface area (Å²) in [7, 11) is 0. The molecule has 0 bridgehead atoms. The smallest absolute Gasteiger partial charge is 0.124 e.